The van der Waals surface area contributed by atoms with Gasteiger partial charge in [0.05, 0.1) is 17.9 Å². The number of para-hydroxylation sites is 2. The molecular formula is C22H23F3N2O2. The zero-order chi connectivity index (χ0) is 20.9. The van der Waals surface area contributed by atoms with E-state index in [9.17, 15) is 18.0 Å². The highest BCUT2D eigenvalue weighted by atomic mass is 19.4. The standard InChI is InChI=1S/C22H23F3N2O2/c1-2-29-20-9-4-3-8-19(20)26-12-14-27(15-13-26)21(28)11-10-17-6-5-7-18(16-17)22(23,24)25/h3-11,16H,2,12-15H2,1H3/b11-10+. The summed E-state index contributed by atoms with van der Waals surface area (Å²) in [4.78, 5) is 16.3. The fourth-order valence-corrected chi connectivity index (χ4v) is 3.26. The van der Waals surface area contributed by atoms with Crippen LogP contribution in [-0.2, 0) is 11.0 Å². The number of anilines is 1. The Hall–Kier alpha value is -2.96. The number of benzene rings is 2. The van der Waals surface area contributed by atoms with Crippen molar-refractivity contribution < 1.29 is 22.7 Å². The van der Waals surface area contributed by atoms with Gasteiger partial charge < -0.3 is 14.5 Å². The predicted octanol–water partition coefficient (Wildman–Crippen LogP) is 4.47. The molecule has 0 unspecified atom stereocenters. The molecule has 154 valence electrons. The lowest BCUT2D eigenvalue weighted by Gasteiger charge is -2.36. The Morgan fingerprint density at radius 3 is 2.48 bits per heavy atom. The molecule has 1 aliphatic rings. The maximum atomic E-state index is 12.8. The molecule has 3 rings (SSSR count). The number of carbonyl (C=O) groups excluding carboxylic acids is 1. The largest absolute Gasteiger partial charge is 0.492 e. The van der Waals surface area contributed by atoms with E-state index in [0.29, 0.717) is 38.3 Å². The molecule has 0 bridgehead atoms. The number of nitrogens with zero attached hydrogens (tertiary/aromatic N) is 2. The Bertz CT molecular complexity index is 872. The van der Waals surface area contributed by atoms with Crippen molar-refractivity contribution in [1.82, 2.24) is 4.90 Å². The second-order valence-electron chi connectivity index (χ2n) is 6.67. The first-order chi connectivity index (χ1) is 13.9. The fraction of sp³-hybridized carbons (Fsp3) is 0.318. The number of piperazine rings is 1. The number of ether oxygens (including phenoxy) is 1. The van der Waals surface area contributed by atoms with Gasteiger partial charge in [-0.3, -0.25) is 4.79 Å². The summed E-state index contributed by atoms with van der Waals surface area (Å²) >= 11 is 0. The van der Waals surface area contributed by atoms with Crippen molar-refractivity contribution in [3.05, 3.63) is 65.7 Å². The molecular weight excluding hydrogens is 381 g/mol. The second-order valence-corrected chi connectivity index (χ2v) is 6.67. The second kappa shape index (κ2) is 9.03. The summed E-state index contributed by atoms with van der Waals surface area (Å²) in [5.74, 6) is 0.611. The minimum Gasteiger partial charge on any atom is -0.492 e. The maximum Gasteiger partial charge on any atom is 0.416 e. The molecule has 0 aromatic heterocycles. The van der Waals surface area contributed by atoms with Gasteiger partial charge in [0, 0.05) is 32.3 Å². The number of alkyl halides is 3. The highest BCUT2D eigenvalue weighted by Gasteiger charge is 2.30. The smallest absolute Gasteiger partial charge is 0.416 e. The van der Waals surface area contributed by atoms with E-state index in [1.807, 2.05) is 31.2 Å². The summed E-state index contributed by atoms with van der Waals surface area (Å²) in [7, 11) is 0. The van der Waals surface area contributed by atoms with Gasteiger partial charge in [0.1, 0.15) is 5.75 Å². The molecule has 2 aromatic carbocycles. The van der Waals surface area contributed by atoms with E-state index in [4.69, 9.17) is 4.74 Å². The van der Waals surface area contributed by atoms with Crippen LogP contribution in [-0.4, -0.2) is 43.6 Å². The molecule has 1 amide bonds. The van der Waals surface area contributed by atoms with Gasteiger partial charge in [-0.1, -0.05) is 24.3 Å². The Morgan fingerprint density at radius 2 is 1.79 bits per heavy atom. The minimum absolute atomic E-state index is 0.208. The lowest BCUT2D eigenvalue weighted by atomic mass is 10.1. The molecule has 0 radical (unpaired) electrons. The Kier molecular flexibility index (Phi) is 6.46. The first-order valence-corrected chi connectivity index (χ1v) is 9.49. The van der Waals surface area contributed by atoms with E-state index in [0.717, 1.165) is 23.6 Å². The number of hydrogen-bond acceptors (Lipinski definition) is 3. The van der Waals surface area contributed by atoms with E-state index in [2.05, 4.69) is 4.90 Å². The summed E-state index contributed by atoms with van der Waals surface area (Å²) in [5.41, 5.74) is 0.618. The molecule has 2 aromatic rings. The van der Waals surface area contributed by atoms with Crippen molar-refractivity contribution in [2.45, 2.75) is 13.1 Å². The average molecular weight is 404 g/mol. The predicted molar refractivity (Wildman–Crippen MR) is 107 cm³/mol. The highest BCUT2D eigenvalue weighted by molar-refractivity contribution is 5.92. The van der Waals surface area contributed by atoms with Gasteiger partial charge in [0.15, 0.2) is 0 Å². The average Bonchev–Trinajstić information content (AvgIpc) is 2.72. The third-order valence-corrected chi connectivity index (χ3v) is 4.73. The van der Waals surface area contributed by atoms with Gasteiger partial charge in [0.2, 0.25) is 5.91 Å². The minimum atomic E-state index is -4.40. The molecule has 0 atom stereocenters. The molecule has 1 aliphatic heterocycles. The molecule has 0 aliphatic carbocycles. The summed E-state index contributed by atoms with van der Waals surface area (Å²) < 4.78 is 44.1. The molecule has 0 saturated carbocycles. The van der Waals surface area contributed by atoms with E-state index in [-0.39, 0.29) is 5.91 Å². The molecule has 1 fully saturated rings. The van der Waals surface area contributed by atoms with Crippen LogP contribution in [0.1, 0.15) is 18.1 Å². The van der Waals surface area contributed by atoms with Crippen LogP contribution < -0.4 is 9.64 Å². The van der Waals surface area contributed by atoms with E-state index in [1.54, 1.807) is 11.0 Å². The SMILES string of the molecule is CCOc1ccccc1N1CCN(C(=O)/C=C/c2cccc(C(F)(F)F)c2)CC1. The Balaban J connectivity index is 1.60. The summed E-state index contributed by atoms with van der Waals surface area (Å²) in [6.45, 7) is 4.90. The van der Waals surface area contributed by atoms with Crippen molar-refractivity contribution in [3.63, 3.8) is 0 Å². The lowest BCUT2D eigenvalue weighted by Crippen LogP contribution is -2.48. The Labute approximate surface area is 168 Å². The number of amides is 1. The molecule has 7 heteroatoms. The van der Waals surface area contributed by atoms with E-state index < -0.39 is 11.7 Å². The number of rotatable bonds is 5. The first kappa shape index (κ1) is 20.8. The molecule has 4 nitrogen and oxygen atoms in total. The Morgan fingerprint density at radius 1 is 1.07 bits per heavy atom. The topological polar surface area (TPSA) is 32.8 Å². The van der Waals surface area contributed by atoms with Crippen molar-refractivity contribution in [2.24, 2.45) is 0 Å². The van der Waals surface area contributed by atoms with Crippen LogP contribution in [0, 0.1) is 0 Å². The fourth-order valence-electron chi connectivity index (χ4n) is 3.26. The normalized spacial score (nSPS) is 15.0. The van der Waals surface area contributed by atoms with Gasteiger partial charge in [0.25, 0.3) is 0 Å². The summed E-state index contributed by atoms with van der Waals surface area (Å²) in [5, 5.41) is 0. The summed E-state index contributed by atoms with van der Waals surface area (Å²) in [6.07, 6.45) is -1.64. The van der Waals surface area contributed by atoms with Gasteiger partial charge in [-0.2, -0.15) is 13.2 Å². The van der Waals surface area contributed by atoms with Crippen LogP contribution in [0.4, 0.5) is 18.9 Å². The van der Waals surface area contributed by atoms with Crippen LogP contribution in [0.5, 0.6) is 5.75 Å². The van der Waals surface area contributed by atoms with Crippen molar-refractivity contribution >= 4 is 17.7 Å². The van der Waals surface area contributed by atoms with E-state index >= 15 is 0 Å². The molecule has 0 spiro atoms. The number of hydrogen-bond donors (Lipinski definition) is 0. The number of carbonyl (C=O) groups is 1. The van der Waals surface area contributed by atoms with Crippen molar-refractivity contribution in [1.29, 1.82) is 0 Å². The third kappa shape index (κ3) is 5.31. The lowest BCUT2D eigenvalue weighted by molar-refractivity contribution is -0.137. The summed E-state index contributed by atoms with van der Waals surface area (Å²) in [6, 6.07) is 12.7. The van der Waals surface area contributed by atoms with Gasteiger partial charge in [-0.05, 0) is 42.8 Å². The van der Waals surface area contributed by atoms with Crippen LogP contribution in [0.25, 0.3) is 6.08 Å². The quantitative estimate of drug-likeness (QED) is 0.690. The third-order valence-electron chi connectivity index (χ3n) is 4.73. The van der Waals surface area contributed by atoms with Crippen molar-refractivity contribution in [2.75, 3.05) is 37.7 Å². The monoisotopic (exact) mass is 404 g/mol. The van der Waals surface area contributed by atoms with Crippen LogP contribution in [0.3, 0.4) is 0 Å². The van der Waals surface area contributed by atoms with Gasteiger partial charge >= 0.3 is 6.18 Å². The molecule has 1 saturated heterocycles. The molecule has 0 N–H and O–H groups in total. The van der Waals surface area contributed by atoms with Gasteiger partial charge in [-0.15, -0.1) is 0 Å². The van der Waals surface area contributed by atoms with E-state index in [1.165, 1.54) is 18.2 Å². The maximum absolute atomic E-state index is 12.8. The zero-order valence-corrected chi connectivity index (χ0v) is 16.2. The van der Waals surface area contributed by atoms with Gasteiger partial charge in [-0.25, -0.2) is 0 Å². The van der Waals surface area contributed by atoms with Crippen LogP contribution >= 0.6 is 0 Å². The highest BCUT2D eigenvalue weighted by Crippen LogP contribution is 2.30. The first-order valence-electron chi connectivity index (χ1n) is 9.49. The zero-order valence-electron chi connectivity index (χ0n) is 16.2. The van der Waals surface area contributed by atoms with Crippen LogP contribution in [0.2, 0.25) is 0 Å². The van der Waals surface area contributed by atoms with Crippen LogP contribution in [0.15, 0.2) is 54.6 Å². The number of halogens is 3. The van der Waals surface area contributed by atoms with Crippen molar-refractivity contribution in [3.8, 4) is 5.75 Å². The molecule has 1 heterocycles. The molecule has 29 heavy (non-hydrogen) atoms.